The third-order valence-corrected chi connectivity index (χ3v) is 4.72. The Morgan fingerprint density at radius 3 is 2.57 bits per heavy atom. The SMILES string of the molecule is O=S(=O)(NCc1ncn[nH]1)c1ccc(CNC2CC2)cc1. The maximum absolute atomic E-state index is 12.1. The Balaban J connectivity index is 1.61. The molecule has 0 bridgehead atoms. The van der Waals surface area contributed by atoms with Crippen molar-refractivity contribution in [2.75, 3.05) is 0 Å². The summed E-state index contributed by atoms with van der Waals surface area (Å²) in [5.41, 5.74) is 1.08. The van der Waals surface area contributed by atoms with Crippen molar-refractivity contribution in [3.8, 4) is 0 Å². The summed E-state index contributed by atoms with van der Waals surface area (Å²) in [6, 6.07) is 7.53. The van der Waals surface area contributed by atoms with Crippen LogP contribution in [0.1, 0.15) is 24.2 Å². The van der Waals surface area contributed by atoms with Crippen LogP contribution < -0.4 is 10.0 Å². The number of aromatic nitrogens is 3. The fourth-order valence-corrected chi connectivity index (χ4v) is 2.89. The van der Waals surface area contributed by atoms with Crippen molar-refractivity contribution in [2.45, 2.75) is 36.9 Å². The predicted molar refractivity (Wildman–Crippen MR) is 76.7 cm³/mol. The first-order valence-corrected chi connectivity index (χ1v) is 8.28. The quantitative estimate of drug-likeness (QED) is 0.693. The van der Waals surface area contributed by atoms with Crippen LogP contribution in [-0.4, -0.2) is 29.6 Å². The Morgan fingerprint density at radius 2 is 1.95 bits per heavy atom. The lowest BCUT2D eigenvalue weighted by Crippen LogP contribution is -2.24. The molecule has 0 saturated heterocycles. The Hall–Kier alpha value is -1.77. The molecule has 1 aromatic heterocycles. The van der Waals surface area contributed by atoms with Gasteiger partial charge >= 0.3 is 0 Å². The molecule has 7 nitrogen and oxygen atoms in total. The number of nitrogens with one attached hydrogen (secondary N) is 3. The first-order chi connectivity index (χ1) is 10.1. The minimum absolute atomic E-state index is 0.0906. The zero-order valence-electron chi connectivity index (χ0n) is 11.4. The Bertz CT molecular complexity index is 678. The van der Waals surface area contributed by atoms with Gasteiger partial charge in [0.25, 0.3) is 0 Å². The number of nitrogens with zero attached hydrogens (tertiary/aromatic N) is 2. The highest BCUT2D eigenvalue weighted by atomic mass is 32.2. The third kappa shape index (κ3) is 3.87. The molecule has 0 aliphatic heterocycles. The molecule has 21 heavy (non-hydrogen) atoms. The molecule has 2 aromatic rings. The summed E-state index contributed by atoms with van der Waals surface area (Å²) in [4.78, 5) is 4.12. The first kappa shape index (κ1) is 14.2. The number of benzene rings is 1. The Morgan fingerprint density at radius 1 is 1.19 bits per heavy atom. The van der Waals surface area contributed by atoms with Gasteiger partial charge in [-0.15, -0.1) is 0 Å². The monoisotopic (exact) mass is 307 g/mol. The highest BCUT2D eigenvalue weighted by Crippen LogP contribution is 2.19. The Labute approximate surface area is 123 Å². The fourth-order valence-electron chi connectivity index (χ4n) is 1.90. The topological polar surface area (TPSA) is 99.8 Å². The minimum atomic E-state index is -3.53. The molecular formula is C13H17N5O2S. The standard InChI is InChI=1S/C13H17N5O2S/c19-21(20,17-8-13-15-9-16-18-13)12-5-1-10(2-6-12)7-14-11-3-4-11/h1-2,5-6,9,11,14,17H,3-4,7-8H2,(H,15,16,18). The van der Waals surface area contributed by atoms with E-state index in [-0.39, 0.29) is 11.4 Å². The molecule has 0 unspecified atom stereocenters. The van der Waals surface area contributed by atoms with Crippen molar-refractivity contribution in [2.24, 2.45) is 0 Å². The van der Waals surface area contributed by atoms with Crippen LogP contribution >= 0.6 is 0 Å². The second-order valence-corrected chi connectivity index (χ2v) is 6.82. The van der Waals surface area contributed by atoms with E-state index in [1.165, 1.54) is 19.2 Å². The zero-order valence-corrected chi connectivity index (χ0v) is 12.2. The maximum Gasteiger partial charge on any atom is 0.240 e. The van der Waals surface area contributed by atoms with E-state index in [2.05, 4.69) is 25.2 Å². The molecule has 1 saturated carbocycles. The summed E-state index contributed by atoms with van der Waals surface area (Å²) < 4.78 is 26.7. The summed E-state index contributed by atoms with van der Waals surface area (Å²) in [6.45, 7) is 0.865. The molecule has 1 aliphatic rings. The maximum atomic E-state index is 12.1. The van der Waals surface area contributed by atoms with Crippen LogP contribution in [0.4, 0.5) is 0 Å². The van der Waals surface area contributed by atoms with Crippen LogP contribution in [0.3, 0.4) is 0 Å². The number of hydrogen-bond acceptors (Lipinski definition) is 5. The number of hydrogen-bond donors (Lipinski definition) is 3. The summed E-state index contributed by atoms with van der Waals surface area (Å²) in [5, 5.41) is 9.67. The van der Waals surface area contributed by atoms with Crippen molar-refractivity contribution < 1.29 is 8.42 Å². The molecule has 112 valence electrons. The first-order valence-electron chi connectivity index (χ1n) is 6.80. The van der Waals surface area contributed by atoms with Gasteiger partial charge in [0.2, 0.25) is 10.0 Å². The van der Waals surface area contributed by atoms with Crippen molar-refractivity contribution in [3.05, 3.63) is 42.0 Å². The van der Waals surface area contributed by atoms with Gasteiger partial charge < -0.3 is 5.32 Å². The van der Waals surface area contributed by atoms with Crippen molar-refractivity contribution >= 4 is 10.0 Å². The highest BCUT2D eigenvalue weighted by Gasteiger charge is 2.20. The lowest BCUT2D eigenvalue weighted by molar-refractivity contribution is 0.579. The van der Waals surface area contributed by atoms with Crippen LogP contribution in [0.25, 0.3) is 0 Å². The van der Waals surface area contributed by atoms with E-state index in [4.69, 9.17) is 0 Å². The van der Waals surface area contributed by atoms with Crippen molar-refractivity contribution in [1.29, 1.82) is 0 Å². The molecule has 1 aromatic carbocycles. The van der Waals surface area contributed by atoms with Gasteiger partial charge in [0.1, 0.15) is 12.2 Å². The number of aromatic amines is 1. The van der Waals surface area contributed by atoms with Gasteiger partial charge in [-0.25, -0.2) is 18.1 Å². The van der Waals surface area contributed by atoms with Crippen LogP contribution in [-0.2, 0) is 23.1 Å². The molecular weight excluding hydrogens is 290 g/mol. The molecule has 0 atom stereocenters. The summed E-state index contributed by atoms with van der Waals surface area (Å²) >= 11 is 0. The number of rotatable bonds is 7. The molecule has 8 heteroatoms. The molecule has 0 radical (unpaired) electrons. The average Bonchev–Trinajstić information content (AvgIpc) is 3.17. The van der Waals surface area contributed by atoms with Crippen LogP contribution in [0, 0.1) is 0 Å². The van der Waals surface area contributed by atoms with Crippen LogP contribution in [0.5, 0.6) is 0 Å². The van der Waals surface area contributed by atoms with Gasteiger partial charge in [-0.05, 0) is 30.5 Å². The van der Waals surface area contributed by atoms with E-state index in [9.17, 15) is 8.42 Å². The number of H-pyrrole nitrogens is 1. The zero-order chi connectivity index (χ0) is 14.7. The third-order valence-electron chi connectivity index (χ3n) is 3.30. The fraction of sp³-hybridized carbons (Fsp3) is 0.385. The highest BCUT2D eigenvalue weighted by molar-refractivity contribution is 7.89. The van der Waals surface area contributed by atoms with E-state index < -0.39 is 10.0 Å². The van der Waals surface area contributed by atoms with Gasteiger partial charge in [-0.1, -0.05) is 12.1 Å². The predicted octanol–water partition coefficient (Wildman–Crippen LogP) is 0.535. The summed E-state index contributed by atoms with van der Waals surface area (Å²) in [5.74, 6) is 0.476. The molecule has 3 N–H and O–H groups in total. The van der Waals surface area contributed by atoms with E-state index in [1.54, 1.807) is 12.1 Å². The summed E-state index contributed by atoms with van der Waals surface area (Å²) in [7, 11) is -3.53. The minimum Gasteiger partial charge on any atom is -0.310 e. The molecule has 0 amide bonds. The lowest BCUT2D eigenvalue weighted by Gasteiger charge is -2.07. The average molecular weight is 307 g/mol. The van der Waals surface area contributed by atoms with Gasteiger partial charge in [0, 0.05) is 12.6 Å². The van der Waals surface area contributed by atoms with Crippen molar-refractivity contribution in [3.63, 3.8) is 0 Å². The van der Waals surface area contributed by atoms with E-state index in [0.29, 0.717) is 11.9 Å². The second-order valence-electron chi connectivity index (χ2n) is 5.06. The van der Waals surface area contributed by atoms with E-state index in [1.807, 2.05) is 12.1 Å². The van der Waals surface area contributed by atoms with Gasteiger partial charge in [-0.3, -0.25) is 5.10 Å². The van der Waals surface area contributed by atoms with Crippen LogP contribution in [0.15, 0.2) is 35.5 Å². The molecule has 3 rings (SSSR count). The molecule has 1 heterocycles. The van der Waals surface area contributed by atoms with Crippen LogP contribution in [0.2, 0.25) is 0 Å². The van der Waals surface area contributed by atoms with Gasteiger partial charge in [-0.2, -0.15) is 5.10 Å². The molecule has 1 aliphatic carbocycles. The normalized spacial score (nSPS) is 15.2. The van der Waals surface area contributed by atoms with Crippen molar-refractivity contribution in [1.82, 2.24) is 25.2 Å². The number of sulfonamides is 1. The summed E-state index contributed by atoms with van der Waals surface area (Å²) in [6.07, 6.45) is 3.81. The Kier molecular flexibility index (Phi) is 4.00. The molecule has 0 spiro atoms. The van der Waals surface area contributed by atoms with Gasteiger partial charge in [0.15, 0.2) is 0 Å². The largest absolute Gasteiger partial charge is 0.310 e. The van der Waals surface area contributed by atoms with Gasteiger partial charge in [0.05, 0.1) is 11.4 Å². The molecule has 1 fully saturated rings. The van der Waals surface area contributed by atoms with E-state index in [0.717, 1.165) is 12.1 Å². The van der Waals surface area contributed by atoms with E-state index >= 15 is 0 Å². The lowest BCUT2D eigenvalue weighted by atomic mass is 10.2. The second kappa shape index (κ2) is 5.92. The smallest absolute Gasteiger partial charge is 0.240 e.